The van der Waals surface area contributed by atoms with Crippen LogP contribution in [0.25, 0.3) is 0 Å². The van der Waals surface area contributed by atoms with Crippen molar-refractivity contribution in [2.45, 2.75) is 50.3 Å². The van der Waals surface area contributed by atoms with Crippen LogP contribution in [0.3, 0.4) is 0 Å². The Labute approximate surface area is 156 Å². The fourth-order valence-electron chi connectivity index (χ4n) is 4.48. The lowest BCUT2D eigenvalue weighted by Gasteiger charge is -2.49. The van der Waals surface area contributed by atoms with Crippen molar-refractivity contribution in [2.75, 3.05) is 0 Å². The van der Waals surface area contributed by atoms with E-state index < -0.39 is 0 Å². The summed E-state index contributed by atoms with van der Waals surface area (Å²) in [5, 5.41) is 7.39. The summed E-state index contributed by atoms with van der Waals surface area (Å²) in [6, 6.07) is 17.3. The molecule has 0 aromatic heterocycles. The number of nitrogens with zero attached hydrogens (tertiary/aromatic N) is 2. The van der Waals surface area contributed by atoms with E-state index in [0.717, 1.165) is 29.5 Å². The third kappa shape index (κ3) is 2.50. The molecule has 3 nitrogen and oxygen atoms in total. The molecule has 25 heavy (non-hydrogen) atoms. The number of para-hydroxylation sites is 1. The van der Waals surface area contributed by atoms with Crippen LogP contribution < -0.4 is 4.74 Å². The Morgan fingerprint density at radius 3 is 2.56 bits per heavy atom. The zero-order valence-electron chi connectivity index (χ0n) is 14.1. The summed E-state index contributed by atoms with van der Waals surface area (Å²) in [6.45, 7) is 0. The highest BCUT2D eigenvalue weighted by atomic mass is 79.9. The van der Waals surface area contributed by atoms with Crippen molar-refractivity contribution in [3.63, 3.8) is 0 Å². The lowest BCUT2D eigenvalue weighted by atomic mass is 9.86. The van der Waals surface area contributed by atoms with Crippen LogP contribution in [0.4, 0.5) is 0 Å². The van der Waals surface area contributed by atoms with E-state index in [1.807, 2.05) is 0 Å². The maximum absolute atomic E-state index is 6.59. The van der Waals surface area contributed by atoms with Crippen molar-refractivity contribution in [2.24, 2.45) is 5.10 Å². The van der Waals surface area contributed by atoms with Crippen LogP contribution in [0, 0.1) is 0 Å². The van der Waals surface area contributed by atoms with E-state index >= 15 is 0 Å². The van der Waals surface area contributed by atoms with Crippen LogP contribution in [-0.4, -0.2) is 16.4 Å². The fraction of sp³-hybridized carbons (Fsp3) is 0.381. The highest BCUT2D eigenvalue weighted by molar-refractivity contribution is 9.10. The fourth-order valence-corrected chi connectivity index (χ4v) is 4.74. The molecule has 1 saturated carbocycles. The van der Waals surface area contributed by atoms with E-state index in [-0.39, 0.29) is 5.72 Å². The molecule has 0 N–H and O–H groups in total. The first-order chi connectivity index (χ1) is 12.3. The summed E-state index contributed by atoms with van der Waals surface area (Å²) in [5.41, 5.74) is 3.40. The molecule has 2 heterocycles. The highest BCUT2D eigenvalue weighted by Crippen LogP contribution is 2.51. The standard InChI is InChI=1S/C21H21BrN2O/c22-16-10-8-15(9-11-16)18-14-19-17-6-2-3-7-20(17)25-21(24(19)23-18)12-4-1-5-13-21/h2-3,6-11,19H,1,4-5,12-14H2/t19-/m1/s1. The molecular formula is C21H21BrN2O. The molecule has 2 aromatic carbocycles. The van der Waals surface area contributed by atoms with Crippen molar-refractivity contribution >= 4 is 21.6 Å². The Morgan fingerprint density at radius 1 is 1.00 bits per heavy atom. The number of halogens is 1. The molecule has 3 aliphatic rings. The van der Waals surface area contributed by atoms with Crippen LogP contribution in [0.2, 0.25) is 0 Å². The van der Waals surface area contributed by atoms with Gasteiger partial charge in [0, 0.05) is 29.3 Å². The zero-order valence-corrected chi connectivity index (χ0v) is 15.7. The Kier molecular flexibility index (Phi) is 3.63. The second-order valence-electron chi connectivity index (χ2n) is 7.26. The maximum Gasteiger partial charge on any atom is 0.198 e. The van der Waals surface area contributed by atoms with Gasteiger partial charge in [0.1, 0.15) is 5.75 Å². The molecule has 1 fully saturated rings. The van der Waals surface area contributed by atoms with E-state index in [1.165, 1.54) is 36.1 Å². The molecular weight excluding hydrogens is 376 g/mol. The van der Waals surface area contributed by atoms with Gasteiger partial charge in [-0.3, -0.25) is 0 Å². The lowest BCUT2D eigenvalue weighted by molar-refractivity contribution is -0.140. The summed E-state index contributed by atoms with van der Waals surface area (Å²) in [7, 11) is 0. The summed E-state index contributed by atoms with van der Waals surface area (Å²) < 4.78 is 7.69. The van der Waals surface area contributed by atoms with Gasteiger partial charge in [-0.2, -0.15) is 5.10 Å². The van der Waals surface area contributed by atoms with Gasteiger partial charge in [-0.05, 0) is 36.6 Å². The molecule has 1 spiro atoms. The molecule has 0 radical (unpaired) electrons. The molecule has 2 aliphatic heterocycles. The Morgan fingerprint density at radius 2 is 1.76 bits per heavy atom. The first kappa shape index (κ1) is 15.4. The minimum Gasteiger partial charge on any atom is -0.466 e. The second kappa shape index (κ2) is 5.87. The Bertz CT molecular complexity index is 824. The van der Waals surface area contributed by atoms with Gasteiger partial charge in [0.05, 0.1) is 11.8 Å². The second-order valence-corrected chi connectivity index (χ2v) is 8.18. The smallest absolute Gasteiger partial charge is 0.198 e. The monoisotopic (exact) mass is 396 g/mol. The molecule has 0 amide bonds. The van der Waals surface area contributed by atoms with Gasteiger partial charge in [0.15, 0.2) is 5.72 Å². The molecule has 0 bridgehead atoms. The van der Waals surface area contributed by atoms with E-state index in [4.69, 9.17) is 9.84 Å². The molecule has 128 valence electrons. The molecule has 1 atom stereocenters. The van der Waals surface area contributed by atoms with Crippen LogP contribution >= 0.6 is 15.9 Å². The number of rotatable bonds is 1. The van der Waals surface area contributed by atoms with Gasteiger partial charge in [-0.25, -0.2) is 5.01 Å². The SMILES string of the molecule is Brc1ccc(C2=NN3[C@H](C2)c2ccccc2OC32CCCCC2)cc1. The summed E-state index contributed by atoms with van der Waals surface area (Å²) in [5.74, 6) is 1.05. The quantitative estimate of drug-likeness (QED) is 0.621. The average molecular weight is 397 g/mol. The number of fused-ring (bicyclic) bond motifs is 4. The normalized spacial score (nSPS) is 23.6. The molecule has 0 saturated heterocycles. The minimum absolute atomic E-state index is 0.256. The molecule has 0 unspecified atom stereocenters. The maximum atomic E-state index is 6.59. The third-order valence-electron chi connectivity index (χ3n) is 5.72. The first-order valence-corrected chi connectivity index (χ1v) is 9.95. The summed E-state index contributed by atoms with van der Waals surface area (Å²) in [6.07, 6.45) is 6.81. The van der Waals surface area contributed by atoms with Crippen molar-refractivity contribution < 1.29 is 4.74 Å². The van der Waals surface area contributed by atoms with Crippen molar-refractivity contribution in [3.8, 4) is 5.75 Å². The van der Waals surface area contributed by atoms with Crippen LogP contribution in [0.1, 0.15) is 55.7 Å². The predicted molar refractivity (Wildman–Crippen MR) is 103 cm³/mol. The van der Waals surface area contributed by atoms with Crippen molar-refractivity contribution in [1.82, 2.24) is 5.01 Å². The minimum atomic E-state index is -0.256. The van der Waals surface area contributed by atoms with Crippen molar-refractivity contribution in [3.05, 3.63) is 64.1 Å². The Balaban J connectivity index is 1.59. The van der Waals surface area contributed by atoms with Gasteiger partial charge >= 0.3 is 0 Å². The highest BCUT2D eigenvalue weighted by Gasteiger charge is 2.50. The Hall–Kier alpha value is -1.81. The number of hydrazone groups is 1. The van der Waals surface area contributed by atoms with Crippen LogP contribution in [0.15, 0.2) is 58.1 Å². The lowest BCUT2D eigenvalue weighted by Crippen LogP contribution is -2.54. The largest absolute Gasteiger partial charge is 0.466 e. The number of benzene rings is 2. The van der Waals surface area contributed by atoms with Gasteiger partial charge < -0.3 is 4.74 Å². The number of hydrogen-bond acceptors (Lipinski definition) is 3. The first-order valence-electron chi connectivity index (χ1n) is 9.16. The zero-order chi connectivity index (χ0) is 16.9. The molecule has 5 rings (SSSR count). The number of hydrogen-bond donors (Lipinski definition) is 0. The predicted octanol–water partition coefficient (Wildman–Crippen LogP) is 5.65. The van der Waals surface area contributed by atoms with Gasteiger partial charge in [-0.1, -0.05) is 52.7 Å². The van der Waals surface area contributed by atoms with Crippen molar-refractivity contribution in [1.29, 1.82) is 0 Å². The molecule has 1 aliphatic carbocycles. The van der Waals surface area contributed by atoms with E-state index in [1.54, 1.807) is 0 Å². The van der Waals surface area contributed by atoms with E-state index in [0.29, 0.717) is 6.04 Å². The van der Waals surface area contributed by atoms with Gasteiger partial charge in [0.2, 0.25) is 0 Å². The van der Waals surface area contributed by atoms with E-state index in [9.17, 15) is 0 Å². The third-order valence-corrected chi connectivity index (χ3v) is 6.25. The molecule has 2 aromatic rings. The van der Waals surface area contributed by atoms with Gasteiger partial charge in [-0.15, -0.1) is 0 Å². The van der Waals surface area contributed by atoms with Gasteiger partial charge in [0.25, 0.3) is 0 Å². The average Bonchev–Trinajstić information content (AvgIpc) is 3.10. The van der Waals surface area contributed by atoms with E-state index in [2.05, 4.69) is 69.5 Å². The van der Waals surface area contributed by atoms with Crippen LogP contribution in [-0.2, 0) is 0 Å². The van der Waals surface area contributed by atoms with Crippen LogP contribution in [0.5, 0.6) is 5.75 Å². The summed E-state index contributed by atoms with van der Waals surface area (Å²) in [4.78, 5) is 0. The summed E-state index contributed by atoms with van der Waals surface area (Å²) >= 11 is 3.52. The number of ether oxygens (including phenoxy) is 1. The molecule has 4 heteroatoms. The topological polar surface area (TPSA) is 24.8 Å².